The third-order valence-corrected chi connectivity index (χ3v) is 3.68. The molecule has 0 saturated heterocycles. The second kappa shape index (κ2) is 10.5. The van der Waals surface area contributed by atoms with Crippen LogP contribution in [-0.2, 0) is 14.4 Å². The number of anilines is 2. The van der Waals surface area contributed by atoms with Gasteiger partial charge in [-0.3, -0.25) is 14.4 Å². The molecule has 1 rings (SSSR count). The van der Waals surface area contributed by atoms with E-state index in [1.54, 1.807) is 24.3 Å². The van der Waals surface area contributed by atoms with Gasteiger partial charge in [-0.05, 0) is 44.3 Å². The Morgan fingerprint density at radius 1 is 1.00 bits per heavy atom. The molecule has 1 aromatic carbocycles. The molecule has 3 amide bonds. The van der Waals surface area contributed by atoms with Crippen molar-refractivity contribution in [1.29, 1.82) is 0 Å². The Bertz CT molecular complexity index is 614. The van der Waals surface area contributed by atoms with E-state index in [0.717, 1.165) is 0 Å². The van der Waals surface area contributed by atoms with E-state index in [1.165, 1.54) is 0 Å². The highest BCUT2D eigenvalue weighted by Gasteiger charge is 2.17. The van der Waals surface area contributed by atoms with E-state index in [9.17, 15) is 14.4 Å². The molecular weight excluding hydrogens is 334 g/mol. The van der Waals surface area contributed by atoms with Crippen LogP contribution in [0, 0.1) is 5.92 Å². The number of carbonyl (C=O) groups is 3. The van der Waals surface area contributed by atoms with E-state index in [0.29, 0.717) is 24.3 Å². The first-order valence-electron chi connectivity index (χ1n) is 8.57. The predicted molar refractivity (Wildman–Crippen MR) is 103 cm³/mol. The van der Waals surface area contributed by atoms with Gasteiger partial charge in [-0.2, -0.15) is 0 Å². The van der Waals surface area contributed by atoms with Crippen LogP contribution in [0.1, 0.15) is 20.3 Å². The summed E-state index contributed by atoms with van der Waals surface area (Å²) in [4.78, 5) is 37.3. The zero-order valence-electron chi connectivity index (χ0n) is 15.8. The van der Waals surface area contributed by atoms with Gasteiger partial charge in [0.05, 0.1) is 12.6 Å². The number of rotatable bonds is 9. The molecule has 0 aliphatic carbocycles. The van der Waals surface area contributed by atoms with Gasteiger partial charge in [0.25, 0.3) is 0 Å². The molecule has 0 spiro atoms. The summed E-state index contributed by atoms with van der Waals surface area (Å²) in [6.07, 6.45) is 0.406. The zero-order chi connectivity index (χ0) is 19.7. The number of benzene rings is 1. The first-order valence-corrected chi connectivity index (χ1v) is 8.57. The zero-order valence-corrected chi connectivity index (χ0v) is 15.8. The summed E-state index contributed by atoms with van der Waals surface area (Å²) >= 11 is 0. The van der Waals surface area contributed by atoms with E-state index in [-0.39, 0.29) is 30.2 Å². The van der Waals surface area contributed by atoms with Crippen LogP contribution in [0.2, 0.25) is 0 Å². The van der Waals surface area contributed by atoms with Crippen LogP contribution in [0.3, 0.4) is 0 Å². The Balaban J connectivity index is 2.43. The van der Waals surface area contributed by atoms with Crippen LogP contribution >= 0.6 is 0 Å². The minimum absolute atomic E-state index is 0.00135. The highest BCUT2D eigenvalue weighted by Crippen LogP contribution is 2.13. The van der Waals surface area contributed by atoms with E-state index >= 15 is 0 Å². The fraction of sp³-hybridized carbons (Fsp3) is 0.500. The van der Waals surface area contributed by atoms with E-state index < -0.39 is 6.04 Å². The van der Waals surface area contributed by atoms with E-state index in [4.69, 9.17) is 5.73 Å². The summed E-state index contributed by atoms with van der Waals surface area (Å²) in [5, 5.41) is 7.97. The normalized spacial score (nSPS) is 12.0. The lowest BCUT2D eigenvalue weighted by molar-refractivity contribution is -0.125. The molecular formula is C18H29N5O3. The van der Waals surface area contributed by atoms with Crippen molar-refractivity contribution in [3.05, 3.63) is 24.3 Å². The highest BCUT2D eigenvalue weighted by molar-refractivity contribution is 5.96. The fourth-order valence-electron chi connectivity index (χ4n) is 1.98. The maximum atomic E-state index is 11.9. The lowest BCUT2D eigenvalue weighted by atomic mass is 10.1. The van der Waals surface area contributed by atoms with Gasteiger partial charge in [0.1, 0.15) is 0 Å². The fourth-order valence-corrected chi connectivity index (χ4v) is 1.98. The molecule has 0 fully saturated rings. The second-order valence-corrected chi connectivity index (χ2v) is 6.71. The lowest BCUT2D eigenvalue weighted by Gasteiger charge is -2.15. The monoisotopic (exact) mass is 363 g/mol. The third kappa shape index (κ3) is 8.09. The molecule has 5 N–H and O–H groups in total. The first kappa shape index (κ1) is 21.6. The van der Waals surface area contributed by atoms with Gasteiger partial charge >= 0.3 is 0 Å². The molecule has 0 unspecified atom stereocenters. The highest BCUT2D eigenvalue weighted by atomic mass is 16.2. The molecule has 1 atom stereocenters. The SMILES string of the molecule is CC(C)[C@H](N)C(=O)NCC(=O)Nc1ccc(NC(=O)CCN(C)C)cc1. The van der Waals surface area contributed by atoms with E-state index in [2.05, 4.69) is 16.0 Å². The molecule has 0 aliphatic heterocycles. The summed E-state index contributed by atoms with van der Waals surface area (Å²) in [6.45, 7) is 4.20. The molecule has 144 valence electrons. The van der Waals surface area contributed by atoms with Crippen LogP contribution in [0.15, 0.2) is 24.3 Å². The van der Waals surface area contributed by atoms with Gasteiger partial charge in [-0.15, -0.1) is 0 Å². The molecule has 8 heteroatoms. The smallest absolute Gasteiger partial charge is 0.243 e. The number of nitrogens with one attached hydrogen (secondary N) is 3. The first-order chi connectivity index (χ1) is 12.2. The van der Waals surface area contributed by atoms with Gasteiger partial charge in [0.15, 0.2) is 0 Å². The van der Waals surface area contributed by atoms with Crippen molar-refractivity contribution < 1.29 is 14.4 Å². The Hall–Kier alpha value is -2.45. The van der Waals surface area contributed by atoms with Crippen molar-refractivity contribution in [1.82, 2.24) is 10.2 Å². The Morgan fingerprint density at radius 3 is 1.96 bits per heavy atom. The molecule has 1 aromatic rings. The van der Waals surface area contributed by atoms with Crippen LogP contribution in [0.25, 0.3) is 0 Å². The van der Waals surface area contributed by atoms with Gasteiger partial charge < -0.3 is 26.6 Å². The van der Waals surface area contributed by atoms with Crippen molar-refractivity contribution in [3.8, 4) is 0 Å². The quantitative estimate of drug-likeness (QED) is 0.513. The van der Waals surface area contributed by atoms with Crippen molar-refractivity contribution in [3.63, 3.8) is 0 Å². The number of carbonyl (C=O) groups excluding carboxylic acids is 3. The largest absolute Gasteiger partial charge is 0.346 e. The number of nitrogens with two attached hydrogens (primary N) is 1. The Kier molecular flexibility index (Phi) is 8.74. The molecule has 0 radical (unpaired) electrons. The maximum absolute atomic E-state index is 11.9. The second-order valence-electron chi connectivity index (χ2n) is 6.71. The minimum Gasteiger partial charge on any atom is -0.346 e. The summed E-state index contributed by atoms with van der Waals surface area (Å²) < 4.78 is 0. The molecule has 0 heterocycles. The molecule has 0 aliphatic rings. The van der Waals surface area contributed by atoms with Crippen LogP contribution < -0.4 is 21.7 Å². The van der Waals surface area contributed by atoms with Gasteiger partial charge in [0.2, 0.25) is 17.7 Å². The van der Waals surface area contributed by atoms with Gasteiger partial charge in [-0.1, -0.05) is 13.8 Å². The molecule has 26 heavy (non-hydrogen) atoms. The average molecular weight is 363 g/mol. The van der Waals surface area contributed by atoms with Crippen LogP contribution in [0.4, 0.5) is 11.4 Å². The van der Waals surface area contributed by atoms with Crippen molar-refractivity contribution >= 4 is 29.1 Å². The summed E-state index contributed by atoms with van der Waals surface area (Å²) in [5.41, 5.74) is 6.94. The summed E-state index contributed by atoms with van der Waals surface area (Å²) in [5.74, 6) is -0.777. The van der Waals surface area contributed by atoms with Crippen LogP contribution in [-0.4, -0.2) is 55.8 Å². The topological polar surface area (TPSA) is 117 Å². The summed E-state index contributed by atoms with van der Waals surface area (Å²) in [7, 11) is 3.81. The Morgan fingerprint density at radius 2 is 1.50 bits per heavy atom. The van der Waals surface area contributed by atoms with Crippen molar-refractivity contribution in [2.24, 2.45) is 11.7 Å². The number of hydrogen-bond acceptors (Lipinski definition) is 5. The molecule has 0 bridgehead atoms. The van der Waals surface area contributed by atoms with Crippen LogP contribution in [0.5, 0.6) is 0 Å². The predicted octanol–water partition coefficient (Wildman–Crippen LogP) is 0.615. The van der Waals surface area contributed by atoms with Crippen molar-refractivity contribution in [2.45, 2.75) is 26.3 Å². The molecule has 8 nitrogen and oxygen atoms in total. The minimum atomic E-state index is -0.641. The average Bonchev–Trinajstić information content (AvgIpc) is 2.58. The lowest BCUT2D eigenvalue weighted by Crippen LogP contribution is -2.46. The number of amides is 3. The van der Waals surface area contributed by atoms with Gasteiger partial charge in [0, 0.05) is 24.3 Å². The van der Waals surface area contributed by atoms with Crippen molar-refractivity contribution in [2.75, 3.05) is 37.8 Å². The number of hydrogen-bond donors (Lipinski definition) is 4. The molecule has 0 saturated carbocycles. The number of nitrogens with zero attached hydrogens (tertiary/aromatic N) is 1. The third-order valence-electron chi connectivity index (χ3n) is 3.68. The summed E-state index contributed by atoms with van der Waals surface area (Å²) in [6, 6.07) is 6.13. The van der Waals surface area contributed by atoms with Gasteiger partial charge in [-0.25, -0.2) is 0 Å². The molecule has 0 aromatic heterocycles. The standard InChI is InChI=1S/C18H29N5O3/c1-12(2)17(19)18(26)20-11-16(25)22-14-7-5-13(6-8-14)21-15(24)9-10-23(3)4/h5-8,12,17H,9-11,19H2,1-4H3,(H,20,26)(H,21,24)(H,22,25)/t17-/m0/s1. The Labute approximate surface area is 154 Å². The van der Waals surface area contributed by atoms with E-state index in [1.807, 2.05) is 32.8 Å². The maximum Gasteiger partial charge on any atom is 0.243 e.